The van der Waals surface area contributed by atoms with E-state index in [4.69, 9.17) is 10.00 Å². The average molecular weight is 154 g/mol. The van der Waals surface area contributed by atoms with E-state index >= 15 is 0 Å². The topological polar surface area (TPSA) is 45.0 Å². The molecule has 0 saturated carbocycles. The maximum absolute atomic E-state index is 8.30. The van der Waals surface area contributed by atoms with Crippen LogP contribution >= 0.6 is 0 Å². The number of hydrogen-bond donors (Lipinski definition) is 1. The second-order valence-corrected chi connectivity index (χ2v) is 2.88. The molecule has 0 spiro atoms. The highest BCUT2D eigenvalue weighted by Crippen LogP contribution is 2.14. The molecule has 1 aliphatic heterocycles. The molecule has 2 unspecified atom stereocenters. The average Bonchev–Trinajstić information content (AvgIpc) is 2.52. The predicted octanol–water partition coefficient (Wildman–Crippen LogP) is 0.667. The Labute approximate surface area is 67.3 Å². The Kier molecular flexibility index (Phi) is 3.34. The van der Waals surface area contributed by atoms with E-state index in [2.05, 4.69) is 18.3 Å². The van der Waals surface area contributed by atoms with Crippen molar-refractivity contribution in [2.75, 3.05) is 13.2 Å². The molecule has 0 radical (unpaired) electrons. The first-order valence-corrected chi connectivity index (χ1v) is 4.06. The lowest BCUT2D eigenvalue weighted by Gasteiger charge is -2.17. The summed E-state index contributed by atoms with van der Waals surface area (Å²) in [5, 5.41) is 11.4. The number of rotatable bonds is 3. The van der Waals surface area contributed by atoms with E-state index in [0.717, 1.165) is 19.4 Å². The van der Waals surface area contributed by atoms with Crippen molar-refractivity contribution >= 4 is 0 Å². The fourth-order valence-electron chi connectivity index (χ4n) is 1.33. The van der Waals surface area contributed by atoms with Gasteiger partial charge in [0.25, 0.3) is 0 Å². The van der Waals surface area contributed by atoms with Crippen molar-refractivity contribution in [2.45, 2.75) is 31.9 Å². The van der Waals surface area contributed by atoms with Gasteiger partial charge in [0.2, 0.25) is 0 Å². The summed E-state index contributed by atoms with van der Waals surface area (Å²) in [6.07, 6.45) is 2.60. The Morgan fingerprint density at radius 3 is 3.18 bits per heavy atom. The molecule has 0 amide bonds. The van der Waals surface area contributed by atoms with Crippen LogP contribution in [0.1, 0.15) is 19.8 Å². The third kappa shape index (κ3) is 2.49. The van der Waals surface area contributed by atoms with Gasteiger partial charge in [-0.2, -0.15) is 5.26 Å². The molecular formula is C8H14N2O. The van der Waals surface area contributed by atoms with E-state index in [1.54, 1.807) is 0 Å². The highest BCUT2D eigenvalue weighted by atomic mass is 16.5. The molecule has 11 heavy (non-hydrogen) atoms. The van der Waals surface area contributed by atoms with Crippen LogP contribution in [0.2, 0.25) is 0 Å². The third-order valence-electron chi connectivity index (χ3n) is 2.03. The van der Waals surface area contributed by atoms with Crippen LogP contribution < -0.4 is 5.32 Å². The first-order valence-electron chi connectivity index (χ1n) is 4.06. The summed E-state index contributed by atoms with van der Waals surface area (Å²) >= 11 is 0. The summed E-state index contributed by atoms with van der Waals surface area (Å²) in [6.45, 7) is 3.36. The Hall–Kier alpha value is -0.590. The lowest BCUT2D eigenvalue weighted by molar-refractivity contribution is 0.0850. The van der Waals surface area contributed by atoms with Gasteiger partial charge in [-0.25, -0.2) is 0 Å². The van der Waals surface area contributed by atoms with Crippen LogP contribution in [0.5, 0.6) is 0 Å². The number of nitrogens with one attached hydrogen (secondary N) is 1. The van der Waals surface area contributed by atoms with Gasteiger partial charge in [0.15, 0.2) is 0 Å². The highest BCUT2D eigenvalue weighted by molar-refractivity contribution is 4.81. The van der Waals surface area contributed by atoms with Crippen molar-refractivity contribution in [1.82, 2.24) is 5.32 Å². The molecule has 1 rings (SSSR count). The number of hydrogen-bond acceptors (Lipinski definition) is 3. The van der Waals surface area contributed by atoms with Crippen LogP contribution in [0, 0.1) is 11.3 Å². The summed E-state index contributed by atoms with van der Waals surface area (Å²) in [4.78, 5) is 0. The Balaban J connectivity index is 2.18. The predicted molar refractivity (Wildman–Crippen MR) is 42.1 cm³/mol. The molecule has 1 heterocycles. The molecule has 0 aromatic carbocycles. The minimum absolute atomic E-state index is 0.317. The van der Waals surface area contributed by atoms with E-state index < -0.39 is 0 Å². The zero-order valence-electron chi connectivity index (χ0n) is 6.84. The lowest BCUT2D eigenvalue weighted by Crippen LogP contribution is -2.37. The van der Waals surface area contributed by atoms with Crippen molar-refractivity contribution in [2.24, 2.45) is 0 Å². The number of nitriles is 1. The summed E-state index contributed by atoms with van der Waals surface area (Å²) in [5.41, 5.74) is 0. The van der Waals surface area contributed by atoms with Crippen LogP contribution in [0.3, 0.4) is 0 Å². The van der Waals surface area contributed by atoms with Gasteiger partial charge in [-0.1, -0.05) is 0 Å². The fourth-order valence-corrected chi connectivity index (χ4v) is 1.33. The van der Waals surface area contributed by atoms with Crippen molar-refractivity contribution in [3.8, 4) is 6.07 Å². The molecule has 62 valence electrons. The Morgan fingerprint density at radius 1 is 1.82 bits per heavy atom. The first-order chi connectivity index (χ1) is 5.34. The summed E-state index contributed by atoms with van der Waals surface area (Å²) < 4.78 is 5.44. The van der Waals surface area contributed by atoms with E-state index in [0.29, 0.717) is 18.7 Å². The quantitative estimate of drug-likeness (QED) is 0.607. The van der Waals surface area contributed by atoms with Crippen LogP contribution in [-0.4, -0.2) is 25.3 Å². The second-order valence-electron chi connectivity index (χ2n) is 2.88. The molecule has 3 nitrogen and oxygen atoms in total. The van der Waals surface area contributed by atoms with E-state index in [-0.39, 0.29) is 0 Å². The van der Waals surface area contributed by atoms with E-state index in [9.17, 15) is 0 Å². The monoisotopic (exact) mass is 154 g/mol. The molecule has 1 fully saturated rings. The maximum Gasteiger partial charge on any atom is 0.0843 e. The molecule has 1 aliphatic rings. The van der Waals surface area contributed by atoms with Gasteiger partial charge in [0, 0.05) is 12.6 Å². The minimum Gasteiger partial charge on any atom is -0.377 e. The van der Waals surface area contributed by atoms with Gasteiger partial charge in [0.05, 0.1) is 18.7 Å². The molecule has 0 aliphatic carbocycles. The normalized spacial score (nSPS) is 26.4. The van der Waals surface area contributed by atoms with E-state index in [1.807, 2.05) is 0 Å². The smallest absolute Gasteiger partial charge is 0.0843 e. The fraction of sp³-hybridized carbons (Fsp3) is 0.875. The van der Waals surface area contributed by atoms with Gasteiger partial charge in [0.1, 0.15) is 0 Å². The van der Waals surface area contributed by atoms with Gasteiger partial charge < -0.3 is 4.74 Å². The molecule has 3 heteroatoms. The highest BCUT2D eigenvalue weighted by Gasteiger charge is 2.21. The molecular weight excluding hydrogens is 140 g/mol. The van der Waals surface area contributed by atoms with E-state index in [1.165, 1.54) is 0 Å². The van der Waals surface area contributed by atoms with Gasteiger partial charge in [-0.15, -0.1) is 0 Å². The molecule has 0 aromatic heterocycles. The maximum atomic E-state index is 8.30. The molecule has 0 bridgehead atoms. The molecule has 1 N–H and O–H groups in total. The van der Waals surface area contributed by atoms with Crippen LogP contribution in [-0.2, 0) is 4.74 Å². The standard InChI is InChI=1S/C8H14N2O/c1-7(10-5-4-9)8-3-2-6-11-8/h7-8,10H,2-3,5-6H2,1H3. The van der Waals surface area contributed by atoms with Crippen molar-refractivity contribution in [3.63, 3.8) is 0 Å². The lowest BCUT2D eigenvalue weighted by atomic mass is 10.1. The molecule has 0 aromatic rings. The number of nitrogens with zero attached hydrogens (tertiary/aromatic N) is 1. The van der Waals surface area contributed by atoms with Crippen molar-refractivity contribution in [3.05, 3.63) is 0 Å². The van der Waals surface area contributed by atoms with Crippen molar-refractivity contribution in [1.29, 1.82) is 5.26 Å². The zero-order valence-corrected chi connectivity index (χ0v) is 6.84. The largest absolute Gasteiger partial charge is 0.377 e. The SMILES string of the molecule is CC(NCC#N)C1CCCO1. The summed E-state index contributed by atoms with van der Waals surface area (Å²) in [7, 11) is 0. The first kappa shape index (κ1) is 8.51. The van der Waals surface area contributed by atoms with Gasteiger partial charge in [-0.05, 0) is 19.8 Å². The molecule has 1 saturated heterocycles. The summed E-state index contributed by atoms with van der Waals surface area (Å²) in [6, 6.07) is 2.37. The van der Waals surface area contributed by atoms with Gasteiger partial charge in [-0.3, -0.25) is 5.32 Å². The molecule has 2 atom stereocenters. The third-order valence-corrected chi connectivity index (χ3v) is 2.03. The Morgan fingerprint density at radius 2 is 2.64 bits per heavy atom. The van der Waals surface area contributed by atoms with Crippen LogP contribution in [0.25, 0.3) is 0 Å². The van der Waals surface area contributed by atoms with Crippen molar-refractivity contribution < 1.29 is 4.74 Å². The van der Waals surface area contributed by atoms with Crippen LogP contribution in [0.4, 0.5) is 0 Å². The van der Waals surface area contributed by atoms with Gasteiger partial charge >= 0.3 is 0 Å². The Bertz CT molecular complexity index is 147. The number of ether oxygens (including phenoxy) is 1. The second kappa shape index (κ2) is 4.32. The minimum atomic E-state index is 0.317. The van der Waals surface area contributed by atoms with Crippen LogP contribution in [0.15, 0.2) is 0 Å². The zero-order chi connectivity index (χ0) is 8.10. The summed E-state index contributed by atoms with van der Waals surface area (Å²) in [5.74, 6) is 0.